The van der Waals surface area contributed by atoms with Crippen molar-refractivity contribution in [1.82, 2.24) is 9.88 Å². The number of hydrogen-bond donors (Lipinski definition) is 3. The molecule has 53 heavy (non-hydrogen) atoms. The monoisotopic (exact) mass is 740 g/mol. The molecule has 1 aromatic heterocycles. The average molecular weight is 741 g/mol. The molecule has 0 amide bonds. The summed E-state index contributed by atoms with van der Waals surface area (Å²) in [6.45, 7) is 8.12. The minimum Gasteiger partial charge on any atom is -0.493 e. The van der Waals surface area contributed by atoms with Crippen LogP contribution < -0.4 is 19.9 Å². The van der Waals surface area contributed by atoms with Gasteiger partial charge >= 0.3 is 5.97 Å². The molecule has 3 aromatic carbocycles. The molecule has 10 nitrogen and oxygen atoms in total. The number of halogens is 1. The summed E-state index contributed by atoms with van der Waals surface area (Å²) in [4.78, 5) is 16.2. The number of aromatic nitrogens is 1. The number of nitriles is 1. The lowest BCUT2D eigenvalue weighted by atomic mass is 9.84. The molecule has 2 aliphatic rings. The van der Waals surface area contributed by atoms with Crippen molar-refractivity contribution in [2.24, 2.45) is 11.7 Å². The number of carboxylic acid groups (broad SMARTS) is 1. The van der Waals surface area contributed by atoms with Crippen molar-refractivity contribution in [2.75, 3.05) is 26.3 Å². The predicted octanol–water partition coefficient (Wildman–Crippen LogP) is 7.60. The second kappa shape index (κ2) is 19.4. The largest absolute Gasteiger partial charge is 0.493 e. The van der Waals surface area contributed by atoms with Crippen molar-refractivity contribution in [2.45, 2.75) is 78.2 Å². The number of ether oxygens (including phenoxy) is 3. The molecule has 1 unspecified atom stereocenters. The van der Waals surface area contributed by atoms with Crippen LogP contribution in [-0.4, -0.2) is 58.4 Å². The maximum absolute atomic E-state index is 9.44. The van der Waals surface area contributed by atoms with Crippen LogP contribution in [0.4, 0.5) is 0 Å². The van der Waals surface area contributed by atoms with Crippen LogP contribution in [0.1, 0.15) is 71.9 Å². The molecule has 11 heteroatoms. The molecule has 3 heterocycles. The van der Waals surface area contributed by atoms with Crippen LogP contribution in [0, 0.1) is 31.1 Å². The summed E-state index contributed by atoms with van der Waals surface area (Å²) in [5, 5.41) is 25.3. The summed E-state index contributed by atoms with van der Waals surface area (Å²) in [6, 6.07) is 20.8. The number of aliphatic carboxylic acids is 1. The fourth-order valence-electron chi connectivity index (χ4n) is 7.18. The Bertz CT molecular complexity index is 1890. The number of piperidine rings is 2. The van der Waals surface area contributed by atoms with E-state index in [0.29, 0.717) is 40.7 Å². The number of pyridine rings is 1. The Kier molecular flexibility index (Phi) is 14.5. The van der Waals surface area contributed by atoms with Crippen LogP contribution >= 0.6 is 11.6 Å². The molecule has 280 valence electrons. The second-order valence-electron chi connectivity index (χ2n) is 13.6. The molecule has 2 saturated heterocycles. The summed E-state index contributed by atoms with van der Waals surface area (Å²) in [7, 11) is 0. The topological polar surface area (TPSA) is 151 Å². The van der Waals surface area contributed by atoms with Crippen LogP contribution in [0.5, 0.6) is 17.2 Å². The van der Waals surface area contributed by atoms with Gasteiger partial charge in [-0.2, -0.15) is 5.26 Å². The molecule has 2 atom stereocenters. The van der Waals surface area contributed by atoms with Crippen LogP contribution in [-0.2, 0) is 24.6 Å². The smallest absolute Gasteiger partial charge is 0.305 e. The summed E-state index contributed by atoms with van der Waals surface area (Å²) >= 11 is 6.63. The Labute approximate surface area is 317 Å². The maximum atomic E-state index is 9.44. The molecule has 0 spiro atoms. The number of aliphatic hydroxyl groups is 1. The molecule has 6 rings (SSSR count). The van der Waals surface area contributed by atoms with Crippen LogP contribution in [0.15, 0.2) is 67.0 Å². The van der Waals surface area contributed by atoms with E-state index in [1.54, 1.807) is 24.4 Å². The van der Waals surface area contributed by atoms with Crippen molar-refractivity contribution >= 4 is 17.6 Å². The summed E-state index contributed by atoms with van der Waals surface area (Å²) in [5.41, 5.74) is 13.7. The van der Waals surface area contributed by atoms with Crippen molar-refractivity contribution in [3.63, 3.8) is 0 Å². The van der Waals surface area contributed by atoms with Gasteiger partial charge in [-0.25, -0.2) is 0 Å². The minimum absolute atomic E-state index is 0.153. The lowest BCUT2D eigenvalue weighted by molar-refractivity contribution is -0.137. The van der Waals surface area contributed by atoms with Crippen LogP contribution in [0.25, 0.3) is 11.1 Å². The van der Waals surface area contributed by atoms with E-state index in [2.05, 4.69) is 66.2 Å². The van der Waals surface area contributed by atoms with Gasteiger partial charge in [-0.15, -0.1) is 0 Å². The van der Waals surface area contributed by atoms with Gasteiger partial charge in [0.1, 0.15) is 36.5 Å². The van der Waals surface area contributed by atoms with Gasteiger partial charge in [0.2, 0.25) is 0 Å². The summed E-state index contributed by atoms with van der Waals surface area (Å²) < 4.78 is 18.9. The first-order valence-electron chi connectivity index (χ1n) is 18.2. The average Bonchev–Trinajstić information content (AvgIpc) is 3.17. The Hall–Kier alpha value is -4.66. The SMILES string of the molecule is Cc1c(COc2cc(OCc3cncc(C#N)c3)c(CN)cc2Cl)cccc1-c1cccc(OC[C@@H]2CCCN3CCCCC23)c1C.O=C(O)CCO. The fourth-order valence-corrected chi connectivity index (χ4v) is 7.42. The van der Waals surface area contributed by atoms with E-state index in [0.717, 1.165) is 45.7 Å². The highest BCUT2D eigenvalue weighted by Gasteiger charge is 2.33. The first-order valence-corrected chi connectivity index (χ1v) is 18.6. The van der Waals surface area contributed by atoms with Gasteiger partial charge in [0, 0.05) is 48.1 Å². The number of benzene rings is 3. The molecule has 2 fully saturated rings. The van der Waals surface area contributed by atoms with Crippen molar-refractivity contribution in [1.29, 1.82) is 5.26 Å². The lowest BCUT2D eigenvalue weighted by Gasteiger charge is -2.44. The Morgan fingerprint density at radius 1 is 0.925 bits per heavy atom. The van der Waals surface area contributed by atoms with Gasteiger partial charge in [0.15, 0.2) is 0 Å². The predicted molar refractivity (Wildman–Crippen MR) is 205 cm³/mol. The number of aliphatic hydroxyl groups excluding tert-OH is 1. The Morgan fingerprint density at radius 2 is 1.68 bits per heavy atom. The number of hydrogen-bond acceptors (Lipinski definition) is 9. The molecule has 2 aliphatic heterocycles. The van der Waals surface area contributed by atoms with Gasteiger partial charge in [-0.1, -0.05) is 48.4 Å². The standard InChI is InChI=1S/C39H43ClN4O3.C3H6O3/c1-26-30(24-47-39-18-38(32(20-42)17-35(39)40)45-23-29-16-28(19-41)21-43-22-29)8-5-10-33(26)34-11-6-13-37(27(34)2)46-25-31-9-7-15-44-14-4-3-12-36(31)44;4-2-1-3(5)6/h5-6,8,10-11,13,16-18,21-22,31,36H,3-4,7,9,12,14-15,20,23-25,42H2,1-2H3;4H,1-2H2,(H,5,6)/t31-,36?;/m0./s1. The number of carbonyl (C=O) groups is 1. The first kappa shape index (κ1) is 39.5. The third-order valence-electron chi connectivity index (χ3n) is 10.1. The van der Waals surface area contributed by atoms with E-state index in [9.17, 15) is 10.1 Å². The third kappa shape index (κ3) is 10.5. The molecule has 0 aliphatic carbocycles. The number of carboxylic acids is 1. The molecule has 0 radical (unpaired) electrons. The molecule has 0 saturated carbocycles. The van der Waals surface area contributed by atoms with Gasteiger partial charge in [-0.05, 0) is 98.6 Å². The van der Waals surface area contributed by atoms with E-state index in [1.165, 1.54) is 57.0 Å². The van der Waals surface area contributed by atoms with Crippen molar-refractivity contribution in [3.8, 4) is 34.4 Å². The van der Waals surface area contributed by atoms with Crippen molar-refractivity contribution < 1.29 is 29.2 Å². The minimum atomic E-state index is -0.961. The first-order chi connectivity index (χ1) is 25.7. The Morgan fingerprint density at radius 3 is 2.42 bits per heavy atom. The van der Waals surface area contributed by atoms with Gasteiger partial charge in [0.05, 0.1) is 30.2 Å². The number of nitrogens with zero attached hydrogens (tertiary/aromatic N) is 3. The van der Waals surface area contributed by atoms with Gasteiger partial charge in [-0.3, -0.25) is 14.7 Å². The van der Waals surface area contributed by atoms with E-state index in [4.69, 9.17) is 41.8 Å². The Balaban J connectivity index is 0.000000833. The number of nitrogens with two attached hydrogens (primary N) is 1. The molecular weight excluding hydrogens is 692 g/mol. The summed E-state index contributed by atoms with van der Waals surface area (Å²) in [5.74, 6) is 1.69. The van der Waals surface area contributed by atoms with Crippen LogP contribution in [0.3, 0.4) is 0 Å². The zero-order valence-electron chi connectivity index (χ0n) is 30.5. The quantitative estimate of drug-likeness (QED) is 0.125. The molecule has 0 bridgehead atoms. The van der Waals surface area contributed by atoms with Gasteiger partial charge in [0.25, 0.3) is 0 Å². The van der Waals surface area contributed by atoms with E-state index in [1.807, 2.05) is 0 Å². The molecule has 4 aromatic rings. The highest BCUT2D eigenvalue weighted by atomic mass is 35.5. The third-order valence-corrected chi connectivity index (χ3v) is 10.4. The van der Waals surface area contributed by atoms with E-state index >= 15 is 0 Å². The van der Waals surface area contributed by atoms with E-state index < -0.39 is 5.97 Å². The van der Waals surface area contributed by atoms with E-state index in [-0.39, 0.29) is 26.2 Å². The van der Waals surface area contributed by atoms with Crippen molar-refractivity contribution in [3.05, 3.63) is 105 Å². The zero-order chi connectivity index (χ0) is 37.7. The number of fused-ring (bicyclic) bond motifs is 1. The normalized spacial score (nSPS) is 16.8. The molecular formula is C42H49ClN4O6. The number of rotatable bonds is 13. The highest BCUT2D eigenvalue weighted by Crippen LogP contribution is 2.37. The lowest BCUT2D eigenvalue weighted by Crippen LogP contribution is -2.49. The zero-order valence-corrected chi connectivity index (χ0v) is 31.3. The fraction of sp³-hybridized carbons (Fsp3) is 0.405. The summed E-state index contributed by atoms with van der Waals surface area (Å²) in [6.07, 6.45) is 9.53. The maximum Gasteiger partial charge on any atom is 0.305 e. The molecule has 4 N–H and O–H groups in total. The van der Waals surface area contributed by atoms with Gasteiger partial charge < -0.3 is 30.2 Å². The second-order valence-corrected chi connectivity index (χ2v) is 14.0. The van der Waals surface area contributed by atoms with Crippen LogP contribution in [0.2, 0.25) is 5.02 Å². The highest BCUT2D eigenvalue weighted by molar-refractivity contribution is 6.32.